The second-order valence-electron chi connectivity index (χ2n) is 5.30. The molecule has 5 heteroatoms. The van der Waals surface area contributed by atoms with E-state index in [4.69, 9.17) is 34.8 Å². The Labute approximate surface area is 160 Å². The second kappa shape index (κ2) is 7.40. The smallest absolute Gasteiger partial charge is 0.218 e. The molecule has 124 valence electrons. The van der Waals surface area contributed by atoms with E-state index in [0.29, 0.717) is 0 Å². The van der Waals surface area contributed by atoms with E-state index in [1.165, 1.54) is 0 Å². The lowest BCUT2D eigenvalue weighted by Gasteiger charge is -2.15. The molecular weight excluding hydrogens is 379 g/mol. The summed E-state index contributed by atoms with van der Waals surface area (Å²) in [4.78, 5) is 24.6. The summed E-state index contributed by atoms with van der Waals surface area (Å²) >= 11 is 17.8. The lowest BCUT2D eigenvalue weighted by molar-refractivity contribution is -0.115. The van der Waals surface area contributed by atoms with Gasteiger partial charge in [-0.25, -0.2) is 0 Å². The Hall–Kier alpha value is -2.13. The van der Waals surface area contributed by atoms with Gasteiger partial charge in [0, 0.05) is 5.57 Å². The van der Waals surface area contributed by atoms with Gasteiger partial charge in [0.1, 0.15) is 15.1 Å². The molecule has 1 aliphatic carbocycles. The number of Topliss-reactive ketones (excluding diaryl/α,β-unsaturated/α-hetero) is 2. The quantitative estimate of drug-likeness (QED) is 0.654. The van der Waals surface area contributed by atoms with Crippen LogP contribution >= 0.6 is 34.8 Å². The molecule has 0 atom stereocenters. The van der Waals surface area contributed by atoms with Gasteiger partial charge >= 0.3 is 0 Å². The maximum atomic E-state index is 12.5. The molecule has 2 aromatic carbocycles. The molecule has 0 amide bonds. The molecule has 2 nitrogen and oxygen atoms in total. The van der Waals surface area contributed by atoms with Crippen molar-refractivity contribution in [2.75, 3.05) is 0 Å². The van der Waals surface area contributed by atoms with Crippen molar-refractivity contribution in [2.24, 2.45) is 0 Å². The van der Waals surface area contributed by atoms with E-state index in [0.717, 1.165) is 16.7 Å². The number of benzene rings is 2. The Morgan fingerprint density at radius 1 is 0.640 bits per heavy atom. The maximum absolute atomic E-state index is 12.5. The monoisotopic (exact) mass is 388 g/mol. The zero-order chi connectivity index (χ0) is 18.0. The van der Waals surface area contributed by atoms with E-state index >= 15 is 0 Å². The Bertz CT molecular complexity index is 898. The zero-order valence-corrected chi connectivity index (χ0v) is 15.1. The summed E-state index contributed by atoms with van der Waals surface area (Å²) in [6.07, 6.45) is 1.58. The highest BCUT2D eigenvalue weighted by molar-refractivity contribution is 6.64. The van der Waals surface area contributed by atoms with E-state index in [9.17, 15) is 9.59 Å². The van der Waals surface area contributed by atoms with Crippen LogP contribution in [-0.2, 0) is 9.59 Å². The fourth-order valence-electron chi connectivity index (χ4n) is 2.48. The predicted molar refractivity (Wildman–Crippen MR) is 102 cm³/mol. The summed E-state index contributed by atoms with van der Waals surface area (Å²) in [5.41, 5.74) is 2.53. The standard InChI is InChI=1S/C20H11Cl3O2/c21-16-15(19(24)17(22)18(23)20(16)25)11-14(12-7-3-1-4-8-12)13-9-5-2-6-10-13/h1-11H. The summed E-state index contributed by atoms with van der Waals surface area (Å²) in [6, 6.07) is 19.0. The number of allylic oxidation sites excluding steroid dienone is 5. The van der Waals surface area contributed by atoms with Gasteiger partial charge in [0.25, 0.3) is 0 Å². The van der Waals surface area contributed by atoms with Gasteiger partial charge in [-0.05, 0) is 22.8 Å². The third kappa shape index (κ3) is 3.47. The maximum Gasteiger partial charge on any atom is 0.218 e. The molecule has 0 aromatic heterocycles. The Morgan fingerprint density at radius 2 is 1.08 bits per heavy atom. The van der Waals surface area contributed by atoms with Gasteiger partial charge in [-0.3, -0.25) is 9.59 Å². The number of hydrogen-bond acceptors (Lipinski definition) is 2. The van der Waals surface area contributed by atoms with Crippen LogP contribution in [-0.4, -0.2) is 11.6 Å². The van der Waals surface area contributed by atoms with Crippen molar-refractivity contribution in [3.8, 4) is 0 Å². The first kappa shape index (κ1) is 17.7. The summed E-state index contributed by atoms with van der Waals surface area (Å²) in [5.74, 6) is -1.22. The van der Waals surface area contributed by atoms with Crippen molar-refractivity contribution in [2.45, 2.75) is 0 Å². The average molecular weight is 390 g/mol. The van der Waals surface area contributed by atoms with Gasteiger partial charge < -0.3 is 0 Å². The topological polar surface area (TPSA) is 34.1 Å². The van der Waals surface area contributed by atoms with E-state index < -0.39 is 11.6 Å². The van der Waals surface area contributed by atoms with Gasteiger partial charge in [-0.15, -0.1) is 0 Å². The SMILES string of the molecule is O=C1C(Cl)=C(Cl)C(=O)C(C=C(c2ccccc2)c2ccccc2)=C1Cl. The van der Waals surface area contributed by atoms with Crippen LogP contribution in [0, 0.1) is 0 Å². The largest absolute Gasteiger partial charge is 0.287 e. The Kier molecular flexibility index (Phi) is 5.24. The van der Waals surface area contributed by atoms with Gasteiger partial charge in [-0.1, -0.05) is 95.5 Å². The molecule has 3 rings (SSSR count). The first-order valence-corrected chi connectivity index (χ1v) is 8.51. The molecule has 0 saturated heterocycles. The van der Waals surface area contributed by atoms with Crippen molar-refractivity contribution in [1.82, 2.24) is 0 Å². The number of rotatable bonds is 3. The van der Waals surface area contributed by atoms with E-state index in [2.05, 4.69) is 0 Å². The van der Waals surface area contributed by atoms with Crippen LogP contribution in [0.5, 0.6) is 0 Å². The molecule has 1 aliphatic rings. The van der Waals surface area contributed by atoms with E-state index in [1.54, 1.807) is 6.08 Å². The number of hydrogen-bond donors (Lipinski definition) is 0. The first-order valence-electron chi connectivity index (χ1n) is 7.37. The van der Waals surface area contributed by atoms with Crippen LogP contribution in [0.1, 0.15) is 11.1 Å². The third-order valence-corrected chi connectivity index (χ3v) is 4.92. The second-order valence-corrected chi connectivity index (χ2v) is 6.44. The van der Waals surface area contributed by atoms with E-state index in [1.807, 2.05) is 60.7 Å². The van der Waals surface area contributed by atoms with Gasteiger partial charge in [-0.2, -0.15) is 0 Å². The summed E-state index contributed by atoms with van der Waals surface area (Å²) < 4.78 is 0. The van der Waals surface area contributed by atoms with Crippen molar-refractivity contribution in [3.63, 3.8) is 0 Å². The molecule has 0 N–H and O–H groups in total. The highest BCUT2D eigenvalue weighted by atomic mass is 35.5. The molecule has 0 bridgehead atoms. The molecule has 0 radical (unpaired) electrons. The first-order chi connectivity index (χ1) is 12.0. The zero-order valence-electron chi connectivity index (χ0n) is 12.8. The van der Waals surface area contributed by atoms with Crippen LogP contribution < -0.4 is 0 Å². The number of ketones is 2. The number of carbonyl (C=O) groups excluding carboxylic acids is 2. The predicted octanol–water partition coefficient (Wildman–Crippen LogP) is 5.45. The molecule has 0 saturated carbocycles. The van der Waals surface area contributed by atoms with Crippen molar-refractivity contribution >= 4 is 51.9 Å². The molecule has 0 unspecified atom stereocenters. The summed E-state index contributed by atoms with van der Waals surface area (Å²) in [6.45, 7) is 0. The molecule has 0 fully saturated rings. The minimum atomic E-state index is -0.653. The molecular formula is C20H11Cl3O2. The highest BCUT2D eigenvalue weighted by Gasteiger charge is 2.31. The van der Waals surface area contributed by atoms with Gasteiger partial charge in [0.15, 0.2) is 0 Å². The minimum Gasteiger partial charge on any atom is -0.287 e. The van der Waals surface area contributed by atoms with E-state index in [-0.39, 0.29) is 20.7 Å². The fourth-order valence-corrected chi connectivity index (χ4v) is 3.13. The van der Waals surface area contributed by atoms with Crippen LogP contribution in [0.3, 0.4) is 0 Å². The fraction of sp³-hybridized carbons (Fsp3) is 0. The third-order valence-electron chi connectivity index (χ3n) is 3.73. The number of halogens is 3. The minimum absolute atomic E-state index is 0.0313. The van der Waals surface area contributed by atoms with Gasteiger partial charge in [0.2, 0.25) is 11.6 Å². The van der Waals surface area contributed by atoms with Crippen LogP contribution in [0.4, 0.5) is 0 Å². The molecule has 0 spiro atoms. The van der Waals surface area contributed by atoms with Crippen molar-refractivity contribution in [1.29, 1.82) is 0 Å². The molecule has 2 aromatic rings. The molecule has 0 heterocycles. The number of carbonyl (C=O) groups is 2. The van der Waals surface area contributed by atoms with Crippen molar-refractivity contribution < 1.29 is 9.59 Å². The highest BCUT2D eigenvalue weighted by Crippen LogP contribution is 2.34. The summed E-state index contributed by atoms with van der Waals surface area (Å²) in [7, 11) is 0. The van der Waals surface area contributed by atoms with Gasteiger partial charge in [0.05, 0.1) is 0 Å². The van der Waals surface area contributed by atoms with Crippen LogP contribution in [0.2, 0.25) is 0 Å². The normalized spacial score (nSPS) is 14.8. The lowest BCUT2D eigenvalue weighted by atomic mass is 9.93. The Balaban J connectivity index is 2.21. The van der Waals surface area contributed by atoms with Crippen LogP contribution in [0.15, 0.2) is 87.4 Å². The Morgan fingerprint density at radius 3 is 1.56 bits per heavy atom. The summed E-state index contributed by atoms with van der Waals surface area (Å²) in [5, 5.41) is -0.902. The van der Waals surface area contributed by atoms with Crippen LogP contribution in [0.25, 0.3) is 5.57 Å². The molecule has 25 heavy (non-hydrogen) atoms. The average Bonchev–Trinajstić information content (AvgIpc) is 2.66. The van der Waals surface area contributed by atoms with Crippen molar-refractivity contribution in [3.05, 3.63) is 98.5 Å². The molecule has 0 aliphatic heterocycles. The lowest BCUT2D eigenvalue weighted by Crippen LogP contribution is -2.17.